The fourth-order valence-electron chi connectivity index (χ4n) is 4.15. The Balaban J connectivity index is 1.82. The summed E-state index contributed by atoms with van der Waals surface area (Å²) < 4.78 is 10.4. The maximum absolute atomic E-state index is 13.6. The summed E-state index contributed by atoms with van der Waals surface area (Å²) in [6, 6.07) is 9.09. The van der Waals surface area contributed by atoms with Gasteiger partial charge in [0.2, 0.25) is 5.91 Å². The molecule has 2 heterocycles. The van der Waals surface area contributed by atoms with E-state index in [-0.39, 0.29) is 68.6 Å². The Morgan fingerprint density at radius 1 is 0.951 bits per heavy atom. The highest BCUT2D eigenvalue weighted by molar-refractivity contribution is 5.99. The SMILES string of the molecule is CCOC(=O)N1CCN(C(=O)C(CCC(=O)OC(C)(C)C)NC(=O)c2cc(C(C)=O)nc(-c3ccccc3)n2)CC1. The second kappa shape index (κ2) is 13.8. The number of aromatic nitrogens is 2. The Bertz CT molecular complexity index is 1270. The fraction of sp³-hybridized carbons (Fsp3) is 0.483. The lowest BCUT2D eigenvalue weighted by Gasteiger charge is -2.36. The van der Waals surface area contributed by atoms with Gasteiger partial charge in [0.1, 0.15) is 23.0 Å². The highest BCUT2D eigenvalue weighted by Crippen LogP contribution is 2.17. The average molecular weight is 568 g/mol. The van der Waals surface area contributed by atoms with Crippen molar-refractivity contribution in [3.63, 3.8) is 0 Å². The Morgan fingerprint density at radius 3 is 2.15 bits per heavy atom. The van der Waals surface area contributed by atoms with Crippen molar-refractivity contribution < 1.29 is 33.4 Å². The summed E-state index contributed by atoms with van der Waals surface area (Å²) in [6.45, 7) is 9.53. The van der Waals surface area contributed by atoms with Crippen LogP contribution >= 0.6 is 0 Å². The molecule has 0 saturated carbocycles. The number of amides is 3. The summed E-state index contributed by atoms with van der Waals surface area (Å²) in [6.07, 6.45) is -0.587. The molecule has 1 N–H and O–H groups in total. The highest BCUT2D eigenvalue weighted by Gasteiger charge is 2.32. The van der Waals surface area contributed by atoms with Gasteiger partial charge >= 0.3 is 12.1 Å². The number of carbonyl (C=O) groups is 5. The van der Waals surface area contributed by atoms with E-state index >= 15 is 0 Å². The van der Waals surface area contributed by atoms with Crippen molar-refractivity contribution >= 4 is 29.7 Å². The average Bonchev–Trinajstić information content (AvgIpc) is 2.94. The third kappa shape index (κ3) is 9.09. The molecule has 41 heavy (non-hydrogen) atoms. The molecule has 1 aromatic heterocycles. The molecule has 1 unspecified atom stereocenters. The molecule has 2 aromatic rings. The zero-order chi connectivity index (χ0) is 30.2. The van der Waals surface area contributed by atoms with Crippen LogP contribution in [0.2, 0.25) is 0 Å². The van der Waals surface area contributed by atoms with E-state index < -0.39 is 35.5 Å². The molecule has 0 bridgehead atoms. The predicted octanol–water partition coefficient (Wildman–Crippen LogP) is 2.87. The number of nitrogens with one attached hydrogen (secondary N) is 1. The van der Waals surface area contributed by atoms with Crippen molar-refractivity contribution in [2.45, 2.75) is 59.1 Å². The number of ketones is 1. The van der Waals surface area contributed by atoms with Crippen LogP contribution in [0.25, 0.3) is 11.4 Å². The number of esters is 1. The summed E-state index contributed by atoms with van der Waals surface area (Å²) in [5.74, 6) is -1.77. The number of carbonyl (C=O) groups excluding carboxylic acids is 5. The van der Waals surface area contributed by atoms with Gasteiger partial charge in [-0.1, -0.05) is 30.3 Å². The van der Waals surface area contributed by atoms with Gasteiger partial charge in [-0.2, -0.15) is 0 Å². The summed E-state index contributed by atoms with van der Waals surface area (Å²) >= 11 is 0. The van der Waals surface area contributed by atoms with E-state index in [1.54, 1.807) is 52.0 Å². The Kier molecular flexibility index (Phi) is 10.5. The molecule has 0 aliphatic carbocycles. The van der Waals surface area contributed by atoms with Crippen LogP contribution in [-0.4, -0.2) is 93.9 Å². The molecule has 3 amide bonds. The number of benzene rings is 1. The fourth-order valence-corrected chi connectivity index (χ4v) is 4.15. The van der Waals surface area contributed by atoms with E-state index in [1.165, 1.54) is 22.8 Å². The maximum Gasteiger partial charge on any atom is 0.409 e. The minimum Gasteiger partial charge on any atom is -0.460 e. The van der Waals surface area contributed by atoms with Gasteiger partial charge < -0.3 is 24.6 Å². The van der Waals surface area contributed by atoms with Crippen LogP contribution in [0.1, 0.15) is 68.4 Å². The number of hydrogen-bond acceptors (Lipinski definition) is 9. The number of Topliss-reactive ketones (excluding diaryl/α,β-unsaturated/α-hetero) is 1. The Labute approximate surface area is 239 Å². The molecule has 1 aliphatic heterocycles. The van der Waals surface area contributed by atoms with E-state index in [0.717, 1.165) is 0 Å². The monoisotopic (exact) mass is 567 g/mol. The second-order valence-corrected chi connectivity index (χ2v) is 10.5. The van der Waals surface area contributed by atoms with E-state index in [0.29, 0.717) is 5.56 Å². The minimum atomic E-state index is -1.08. The number of piperazine rings is 1. The molecule has 0 radical (unpaired) electrons. The molecule has 1 saturated heterocycles. The molecule has 1 atom stereocenters. The first-order chi connectivity index (χ1) is 19.4. The lowest BCUT2D eigenvalue weighted by Crippen LogP contribution is -2.56. The molecule has 3 rings (SSSR count). The largest absolute Gasteiger partial charge is 0.460 e. The third-order valence-electron chi connectivity index (χ3n) is 6.13. The van der Waals surface area contributed by atoms with Gasteiger partial charge in [-0.25, -0.2) is 14.8 Å². The number of ether oxygens (including phenoxy) is 2. The summed E-state index contributed by atoms with van der Waals surface area (Å²) in [5.41, 5.74) is -0.134. The first-order valence-corrected chi connectivity index (χ1v) is 13.6. The normalized spacial score (nSPS) is 14.2. The van der Waals surface area contributed by atoms with Crippen LogP contribution in [0.5, 0.6) is 0 Å². The second-order valence-electron chi connectivity index (χ2n) is 10.5. The van der Waals surface area contributed by atoms with Crippen molar-refractivity contribution in [1.29, 1.82) is 0 Å². The van der Waals surface area contributed by atoms with Gasteiger partial charge in [0.25, 0.3) is 5.91 Å². The van der Waals surface area contributed by atoms with Crippen molar-refractivity contribution in [3.8, 4) is 11.4 Å². The molecule has 220 valence electrons. The van der Waals surface area contributed by atoms with E-state index in [9.17, 15) is 24.0 Å². The molecular formula is C29H37N5O7. The van der Waals surface area contributed by atoms with Gasteiger partial charge in [-0.05, 0) is 40.2 Å². The van der Waals surface area contributed by atoms with Crippen LogP contribution in [-0.2, 0) is 19.1 Å². The van der Waals surface area contributed by atoms with Crippen LogP contribution in [0.4, 0.5) is 4.79 Å². The smallest absolute Gasteiger partial charge is 0.409 e. The van der Waals surface area contributed by atoms with Gasteiger partial charge in [-0.15, -0.1) is 0 Å². The Morgan fingerprint density at radius 2 is 1.56 bits per heavy atom. The van der Waals surface area contributed by atoms with Crippen molar-refractivity contribution in [2.75, 3.05) is 32.8 Å². The molecule has 1 fully saturated rings. The van der Waals surface area contributed by atoms with Crippen LogP contribution < -0.4 is 5.32 Å². The van der Waals surface area contributed by atoms with Crippen molar-refractivity contribution in [3.05, 3.63) is 47.8 Å². The van der Waals surface area contributed by atoms with E-state index in [4.69, 9.17) is 9.47 Å². The first kappa shape index (κ1) is 31.2. The number of hydrogen-bond donors (Lipinski definition) is 1. The van der Waals surface area contributed by atoms with E-state index in [2.05, 4.69) is 15.3 Å². The van der Waals surface area contributed by atoms with Gasteiger partial charge in [0.05, 0.1) is 6.61 Å². The van der Waals surface area contributed by atoms with Gasteiger partial charge in [0.15, 0.2) is 11.6 Å². The molecule has 1 aromatic carbocycles. The topological polar surface area (TPSA) is 148 Å². The molecular weight excluding hydrogens is 530 g/mol. The lowest BCUT2D eigenvalue weighted by atomic mass is 10.1. The first-order valence-electron chi connectivity index (χ1n) is 13.6. The minimum absolute atomic E-state index is 0.0201. The number of rotatable bonds is 9. The number of nitrogens with zero attached hydrogens (tertiary/aromatic N) is 4. The summed E-state index contributed by atoms with van der Waals surface area (Å²) in [7, 11) is 0. The van der Waals surface area contributed by atoms with Crippen LogP contribution in [0.15, 0.2) is 36.4 Å². The molecule has 1 aliphatic rings. The van der Waals surface area contributed by atoms with Gasteiger partial charge in [-0.3, -0.25) is 19.2 Å². The molecule has 12 nitrogen and oxygen atoms in total. The molecule has 12 heteroatoms. The summed E-state index contributed by atoms with van der Waals surface area (Å²) in [4.78, 5) is 75.3. The Hall–Kier alpha value is -4.35. The standard InChI is InChI=1S/C29H37N5O7/c1-6-40-28(39)34-16-14-33(15-17-34)27(38)21(12-13-24(36)41-29(3,4)5)32-26(37)23-18-22(19(2)35)30-25(31-23)20-10-8-7-9-11-20/h7-11,18,21H,6,12-17H2,1-5H3,(H,32,37). The van der Waals surface area contributed by atoms with Crippen LogP contribution in [0.3, 0.4) is 0 Å². The lowest BCUT2D eigenvalue weighted by molar-refractivity contribution is -0.155. The van der Waals surface area contributed by atoms with Crippen LogP contribution in [0, 0.1) is 0 Å². The van der Waals surface area contributed by atoms with Gasteiger partial charge in [0, 0.05) is 45.1 Å². The third-order valence-corrected chi connectivity index (χ3v) is 6.13. The zero-order valence-electron chi connectivity index (χ0n) is 24.1. The quantitative estimate of drug-likeness (QED) is 0.357. The maximum atomic E-state index is 13.6. The molecule has 0 spiro atoms. The van der Waals surface area contributed by atoms with Crippen molar-refractivity contribution in [2.24, 2.45) is 0 Å². The summed E-state index contributed by atoms with van der Waals surface area (Å²) in [5, 5.41) is 2.70. The van der Waals surface area contributed by atoms with E-state index in [1.807, 2.05) is 6.07 Å². The van der Waals surface area contributed by atoms with Crippen molar-refractivity contribution in [1.82, 2.24) is 25.1 Å². The highest BCUT2D eigenvalue weighted by atomic mass is 16.6. The predicted molar refractivity (Wildman–Crippen MR) is 149 cm³/mol. The zero-order valence-corrected chi connectivity index (χ0v) is 24.1.